The molecule has 4 heteroatoms. The van der Waals surface area contributed by atoms with E-state index in [1.165, 1.54) is 0 Å². The number of alkyl halides is 3. The topological polar surface area (TPSA) is 12.0 Å². The second-order valence-electron chi connectivity index (χ2n) is 3.33. The van der Waals surface area contributed by atoms with Crippen LogP contribution < -0.4 is 5.32 Å². The fourth-order valence-corrected chi connectivity index (χ4v) is 1.51. The zero-order valence-corrected chi connectivity index (χ0v) is 7.12. The average Bonchev–Trinajstić information content (AvgIpc) is 2.06. The lowest BCUT2D eigenvalue weighted by Crippen LogP contribution is -2.45. The Morgan fingerprint density at radius 2 is 2.17 bits per heavy atom. The number of halogens is 3. The van der Waals surface area contributed by atoms with Crippen molar-refractivity contribution in [2.75, 3.05) is 13.1 Å². The van der Waals surface area contributed by atoms with E-state index in [9.17, 15) is 13.2 Å². The van der Waals surface area contributed by atoms with Crippen molar-refractivity contribution >= 4 is 0 Å². The maximum absolute atomic E-state index is 13.0. The van der Waals surface area contributed by atoms with Crippen molar-refractivity contribution in [3.05, 3.63) is 0 Å². The Morgan fingerprint density at radius 3 is 2.58 bits per heavy atom. The number of hydrogen-bond acceptors (Lipinski definition) is 1. The molecule has 0 saturated carbocycles. The Labute approximate surface area is 70.3 Å². The smallest absolute Gasteiger partial charge is 0.282 e. The summed E-state index contributed by atoms with van der Waals surface area (Å²) in [7, 11) is 0. The number of piperidine rings is 1. The number of hydrogen-bond donors (Lipinski definition) is 1. The Kier molecular flexibility index (Phi) is 2.99. The average molecular weight is 181 g/mol. The van der Waals surface area contributed by atoms with Gasteiger partial charge in [0, 0.05) is 12.5 Å². The molecule has 0 aromatic heterocycles. The first-order valence-corrected chi connectivity index (χ1v) is 4.27. The first kappa shape index (κ1) is 9.84. The van der Waals surface area contributed by atoms with Crippen molar-refractivity contribution in [1.29, 1.82) is 0 Å². The van der Waals surface area contributed by atoms with Crippen LogP contribution in [0.25, 0.3) is 0 Å². The van der Waals surface area contributed by atoms with Crippen LogP contribution in [0.3, 0.4) is 0 Å². The second-order valence-corrected chi connectivity index (χ2v) is 3.33. The van der Waals surface area contributed by atoms with Crippen LogP contribution in [0, 0.1) is 5.92 Å². The minimum absolute atomic E-state index is 0.237. The lowest BCUT2D eigenvalue weighted by atomic mass is 9.90. The van der Waals surface area contributed by atoms with Gasteiger partial charge in [-0.3, -0.25) is 0 Å². The molecule has 1 fully saturated rings. The molecule has 1 saturated heterocycles. The van der Waals surface area contributed by atoms with E-state index < -0.39 is 18.0 Å². The highest BCUT2D eigenvalue weighted by Crippen LogP contribution is 2.34. The molecular formula is C8H14F3N. The lowest BCUT2D eigenvalue weighted by molar-refractivity contribution is -0.117. The van der Waals surface area contributed by atoms with Crippen LogP contribution in [0.5, 0.6) is 0 Å². The zero-order chi connectivity index (χ0) is 9.19. The summed E-state index contributed by atoms with van der Waals surface area (Å²) in [5.41, 5.74) is 0. The first-order chi connectivity index (χ1) is 5.55. The summed E-state index contributed by atoms with van der Waals surface area (Å²) in [6, 6.07) is 0. The quantitative estimate of drug-likeness (QED) is 0.686. The SMILES string of the molecule is CC(F)C(F)(F)C1CCCNC1. The van der Waals surface area contributed by atoms with Crippen LogP contribution in [-0.2, 0) is 0 Å². The fraction of sp³-hybridized carbons (Fsp3) is 1.00. The van der Waals surface area contributed by atoms with Gasteiger partial charge in [-0.15, -0.1) is 0 Å². The monoisotopic (exact) mass is 181 g/mol. The van der Waals surface area contributed by atoms with Gasteiger partial charge < -0.3 is 5.32 Å². The highest BCUT2D eigenvalue weighted by atomic mass is 19.3. The van der Waals surface area contributed by atoms with Crippen molar-refractivity contribution < 1.29 is 13.2 Å². The molecule has 12 heavy (non-hydrogen) atoms. The summed E-state index contributed by atoms with van der Waals surface area (Å²) >= 11 is 0. The Bertz CT molecular complexity index is 141. The normalized spacial score (nSPS) is 28.5. The third-order valence-electron chi connectivity index (χ3n) is 2.37. The van der Waals surface area contributed by atoms with Gasteiger partial charge in [0.25, 0.3) is 5.92 Å². The molecule has 1 aliphatic heterocycles. The van der Waals surface area contributed by atoms with Gasteiger partial charge in [0.05, 0.1) is 0 Å². The summed E-state index contributed by atoms with van der Waals surface area (Å²) in [5, 5.41) is 2.85. The van der Waals surface area contributed by atoms with Gasteiger partial charge in [0.15, 0.2) is 6.17 Å². The molecule has 1 aliphatic rings. The van der Waals surface area contributed by atoms with Crippen LogP contribution >= 0.6 is 0 Å². The Balaban J connectivity index is 2.53. The molecule has 2 unspecified atom stereocenters. The lowest BCUT2D eigenvalue weighted by Gasteiger charge is -2.31. The van der Waals surface area contributed by atoms with E-state index >= 15 is 0 Å². The van der Waals surface area contributed by atoms with E-state index in [1.807, 2.05) is 0 Å². The molecule has 1 heterocycles. The summed E-state index contributed by atoms with van der Waals surface area (Å²) in [4.78, 5) is 0. The summed E-state index contributed by atoms with van der Waals surface area (Å²) in [6.07, 6.45) is -0.899. The molecule has 0 aliphatic carbocycles. The van der Waals surface area contributed by atoms with E-state index in [1.54, 1.807) is 0 Å². The highest BCUT2D eigenvalue weighted by Gasteiger charge is 2.45. The number of rotatable bonds is 2. The highest BCUT2D eigenvalue weighted by molar-refractivity contribution is 4.85. The van der Waals surface area contributed by atoms with Crippen LogP contribution in [0.1, 0.15) is 19.8 Å². The van der Waals surface area contributed by atoms with E-state index in [2.05, 4.69) is 5.32 Å². The molecule has 2 atom stereocenters. The van der Waals surface area contributed by atoms with Crippen molar-refractivity contribution in [3.8, 4) is 0 Å². The standard InChI is InChI=1S/C8H14F3N/c1-6(9)8(10,11)7-3-2-4-12-5-7/h6-7,12H,2-5H2,1H3. The molecule has 72 valence electrons. The van der Waals surface area contributed by atoms with Crippen LogP contribution in [0.2, 0.25) is 0 Å². The van der Waals surface area contributed by atoms with Crippen molar-refractivity contribution in [2.24, 2.45) is 5.92 Å². The molecule has 1 N–H and O–H groups in total. The summed E-state index contributed by atoms with van der Waals surface area (Å²) in [6.45, 7) is 1.93. The van der Waals surface area contributed by atoms with Gasteiger partial charge in [-0.1, -0.05) is 0 Å². The first-order valence-electron chi connectivity index (χ1n) is 4.27. The molecule has 0 bridgehead atoms. The molecule has 0 radical (unpaired) electrons. The van der Waals surface area contributed by atoms with Crippen molar-refractivity contribution in [1.82, 2.24) is 5.32 Å². The van der Waals surface area contributed by atoms with Gasteiger partial charge >= 0.3 is 0 Å². The van der Waals surface area contributed by atoms with E-state index in [0.29, 0.717) is 12.8 Å². The van der Waals surface area contributed by atoms with E-state index in [-0.39, 0.29) is 6.54 Å². The maximum Gasteiger partial charge on any atom is 0.282 e. The fourth-order valence-electron chi connectivity index (χ4n) is 1.51. The zero-order valence-electron chi connectivity index (χ0n) is 7.12. The molecule has 1 nitrogen and oxygen atoms in total. The third-order valence-corrected chi connectivity index (χ3v) is 2.37. The second kappa shape index (κ2) is 3.64. The molecule has 0 amide bonds. The maximum atomic E-state index is 13.0. The minimum atomic E-state index is -3.16. The predicted octanol–water partition coefficient (Wildman–Crippen LogP) is 1.98. The molecule has 1 rings (SSSR count). The summed E-state index contributed by atoms with van der Waals surface area (Å²) in [5.74, 6) is -3.99. The summed E-state index contributed by atoms with van der Waals surface area (Å²) < 4.78 is 38.5. The predicted molar refractivity (Wildman–Crippen MR) is 41.1 cm³/mol. The Hall–Kier alpha value is -0.250. The minimum Gasteiger partial charge on any atom is -0.316 e. The largest absolute Gasteiger partial charge is 0.316 e. The van der Waals surface area contributed by atoms with Gasteiger partial charge in [-0.2, -0.15) is 0 Å². The van der Waals surface area contributed by atoms with Crippen LogP contribution in [0.15, 0.2) is 0 Å². The molecular weight excluding hydrogens is 167 g/mol. The van der Waals surface area contributed by atoms with Gasteiger partial charge in [0.2, 0.25) is 0 Å². The van der Waals surface area contributed by atoms with Gasteiger partial charge in [-0.05, 0) is 26.3 Å². The van der Waals surface area contributed by atoms with E-state index in [4.69, 9.17) is 0 Å². The Morgan fingerprint density at radius 1 is 1.50 bits per heavy atom. The van der Waals surface area contributed by atoms with Crippen LogP contribution in [-0.4, -0.2) is 25.2 Å². The van der Waals surface area contributed by atoms with Gasteiger partial charge in [0.1, 0.15) is 0 Å². The van der Waals surface area contributed by atoms with Crippen molar-refractivity contribution in [3.63, 3.8) is 0 Å². The van der Waals surface area contributed by atoms with Gasteiger partial charge in [-0.25, -0.2) is 13.2 Å². The molecule has 0 aromatic rings. The number of nitrogens with one attached hydrogen (secondary N) is 1. The molecule has 0 spiro atoms. The third kappa shape index (κ3) is 1.91. The van der Waals surface area contributed by atoms with E-state index in [0.717, 1.165) is 13.5 Å². The molecule has 0 aromatic carbocycles. The van der Waals surface area contributed by atoms with Crippen molar-refractivity contribution in [2.45, 2.75) is 31.9 Å². The van der Waals surface area contributed by atoms with Crippen LogP contribution in [0.4, 0.5) is 13.2 Å².